The van der Waals surface area contributed by atoms with Gasteiger partial charge in [-0.25, -0.2) is 0 Å². The van der Waals surface area contributed by atoms with Crippen molar-refractivity contribution in [1.29, 1.82) is 0 Å². The molecule has 10 atom stereocenters. The van der Waals surface area contributed by atoms with Gasteiger partial charge in [0.2, 0.25) is 0 Å². The van der Waals surface area contributed by atoms with Crippen LogP contribution in [0.25, 0.3) is 0 Å². The third-order valence-electron chi connectivity index (χ3n) is 13.7. The van der Waals surface area contributed by atoms with E-state index >= 15 is 0 Å². The molecule has 5 aliphatic carbocycles. The van der Waals surface area contributed by atoms with Gasteiger partial charge in [-0.2, -0.15) is 0 Å². The van der Waals surface area contributed by atoms with Gasteiger partial charge in [-0.15, -0.1) is 0 Å². The maximum absolute atomic E-state index is 12.9. The molecular formula is C31H50O4. The summed E-state index contributed by atoms with van der Waals surface area (Å²) in [5, 5.41) is 10.9. The lowest BCUT2D eigenvalue weighted by atomic mass is 9.32. The highest BCUT2D eigenvalue weighted by atomic mass is 16.5. The summed E-state index contributed by atoms with van der Waals surface area (Å²) in [6.45, 7) is 16.2. The van der Waals surface area contributed by atoms with Crippen LogP contribution in [-0.4, -0.2) is 29.6 Å². The minimum atomic E-state index is -0.193. The summed E-state index contributed by atoms with van der Waals surface area (Å²) in [7, 11) is 0. The number of ketones is 1. The van der Waals surface area contributed by atoms with Crippen LogP contribution in [0.2, 0.25) is 0 Å². The normalized spacial score (nSPS) is 52.5. The molecule has 0 spiro atoms. The molecule has 4 nitrogen and oxygen atoms in total. The predicted octanol–water partition coefficient (Wildman–Crippen LogP) is 6.58. The smallest absolute Gasteiger partial charge is 0.302 e. The summed E-state index contributed by atoms with van der Waals surface area (Å²) in [5.41, 5.74) is 0.672. The number of Topliss-reactive ketones (excluding diaryl/α,β-unsaturated/α-hetero) is 1. The molecule has 5 fully saturated rings. The minimum Gasteiger partial charge on any atom is -0.465 e. The van der Waals surface area contributed by atoms with E-state index in [9.17, 15) is 14.7 Å². The van der Waals surface area contributed by atoms with Gasteiger partial charge in [0, 0.05) is 18.3 Å². The Morgan fingerprint density at radius 1 is 0.800 bits per heavy atom. The lowest BCUT2D eigenvalue weighted by molar-refractivity contribution is -0.250. The molecule has 5 saturated carbocycles. The van der Waals surface area contributed by atoms with Crippen molar-refractivity contribution < 1.29 is 19.4 Å². The van der Waals surface area contributed by atoms with E-state index in [-0.39, 0.29) is 45.1 Å². The minimum absolute atomic E-state index is 0.0204. The first-order chi connectivity index (χ1) is 16.2. The number of hydrogen-bond donors (Lipinski definition) is 1. The van der Waals surface area contributed by atoms with Crippen LogP contribution in [0.5, 0.6) is 0 Å². The number of esters is 1. The van der Waals surface area contributed by atoms with Crippen LogP contribution in [0.1, 0.15) is 113 Å². The molecule has 0 unspecified atom stereocenters. The average Bonchev–Trinajstić information content (AvgIpc) is 3.16. The molecule has 0 radical (unpaired) electrons. The van der Waals surface area contributed by atoms with E-state index in [1.165, 1.54) is 39.0 Å². The number of carbonyl (C=O) groups is 2. The van der Waals surface area contributed by atoms with Crippen molar-refractivity contribution in [3.8, 4) is 0 Å². The molecule has 0 aliphatic heterocycles. The standard InChI is InChI=1S/C31H50O4/c1-19(32)21-10-15-31(18-35-20(2)33)17-16-29(6)22(26(21)31)8-9-24-28(5)13-12-25(34)27(3,4)23(28)11-14-30(24,29)7/h21-26,34H,8-18H2,1-7H3/t21-,22+,23-,24+,25+,26+,28-,29+,30+,31+/m0/s1. The molecule has 198 valence electrons. The van der Waals surface area contributed by atoms with Gasteiger partial charge >= 0.3 is 5.97 Å². The molecular weight excluding hydrogens is 436 g/mol. The van der Waals surface area contributed by atoms with Crippen molar-refractivity contribution in [2.45, 2.75) is 119 Å². The van der Waals surface area contributed by atoms with Gasteiger partial charge in [0.05, 0.1) is 12.7 Å². The van der Waals surface area contributed by atoms with E-state index in [0.29, 0.717) is 36.1 Å². The van der Waals surface area contributed by atoms with Gasteiger partial charge in [0.15, 0.2) is 0 Å². The Bertz CT molecular complexity index is 894. The van der Waals surface area contributed by atoms with Crippen molar-refractivity contribution >= 4 is 11.8 Å². The summed E-state index contributed by atoms with van der Waals surface area (Å²) in [6, 6.07) is 0. The largest absolute Gasteiger partial charge is 0.465 e. The van der Waals surface area contributed by atoms with Crippen LogP contribution >= 0.6 is 0 Å². The van der Waals surface area contributed by atoms with E-state index in [1.807, 2.05) is 0 Å². The molecule has 0 heterocycles. The average molecular weight is 487 g/mol. The van der Waals surface area contributed by atoms with Crippen molar-refractivity contribution in [3.05, 3.63) is 0 Å². The number of fused-ring (bicyclic) bond motifs is 7. The molecule has 0 amide bonds. The van der Waals surface area contributed by atoms with Gasteiger partial charge in [0.25, 0.3) is 0 Å². The van der Waals surface area contributed by atoms with E-state index in [2.05, 4.69) is 34.6 Å². The second-order valence-corrected chi connectivity index (χ2v) is 15.0. The van der Waals surface area contributed by atoms with Gasteiger partial charge in [-0.05, 0) is 116 Å². The first-order valence-corrected chi connectivity index (χ1v) is 14.5. The zero-order valence-corrected chi connectivity index (χ0v) is 23.4. The summed E-state index contributed by atoms with van der Waals surface area (Å²) >= 11 is 0. The Kier molecular flexibility index (Phi) is 5.92. The maximum atomic E-state index is 12.9. The van der Waals surface area contributed by atoms with Crippen LogP contribution in [0.4, 0.5) is 0 Å². The monoisotopic (exact) mass is 486 g/mol. The molecule has 4 heteroatoms. The highest BCUT2D eigenvalue weighted by Crippen LogP contribution is 2.77. The number of rotatable bonds is 3. The van der Waals surface area contributed by atoms with E-state index < -0.39 is 0 Å². The lowest BCUT2D eigenvalue weighted by Crippen LogP contribution is -2.67. The Morgan fingerprint density at radius 3 is 2.17 bits per heavy atom. The van der Waals surface area contributed by atoms with Crippen molar-refractivity contribution in [2.75, 3.05) is 6.61 Å². The van der Waals surface area contributed by atoms with Crippen LogP contribution < -0.4 is 0 Å². The van der Waals surface area contributed by atoms with Crippen LogP contribution in [0.3, 0.4) is 0 Å². The number of hydrogen-bond acceptors (Lipinski definition) is 4. The first-order valence-electron chi connectivity index (χ1n) is 14.5. The number of ether oxygens (including phenoxy) is 1. The topological polar surface area (TPSA) is 63.6 Å². The molecule has 0 saturated heterocycles. The Balaban J connectivity index is 1.53. The molecule has 1 N–H and O–H groups in total. The predicted molar refractivity (Wildman–Crippen MR) is 137 cm³/mol. The van der Waals surface area contributed by atoms with Gasteiger partial charge in [-0.1, -0.05) is 34.6 Å². The maximum Gasteiger partial charge on any atom is 0.302 e. The second kappa shape index (κ2) is 8.05. The molecule has 0 aromatic rings. The fourth-order valence-corrected chi connectivity index (χ4v) is 11.7. The van der Waals surface area contributed by atoms with Gasteiger partial charge in [-0.3, -0.25) is 9.59 Å². The summed E-state index contributed by atoms with van der Waals surface area (Å²) in [4.78, 5) is 24.7. The number of carbonyl (C=O) groups excluding carboxylic acids is 2. The number of aliphatic hydroxyl groups is 1. The Labute approximate surface area is 213 Å². The van der Waals surface area contributed by atoms with Crippen LogP contribution in [0.15, 0.2) is 0 Å². The summed E-state index contributed by atoms with van der Waals surface area (Å²) in [6.07, 6.45) is 11.0. The fourth-order valence-electron chi connectivity index (χ4n) is 11.7. The number of aliphatic hydroxyl groups excluding tert-OH is 1. The van der Waals surface area contributed by atoms with Crippen molar-refractivity contribution in [1.82, 2.24) is 0 Å². The highest BCUT2D eigenvalue weighted by molar-refractivity contribution is 5.79. The molecule has 0 bridgehead atoms. The van der Waals surface area contributed by atoms with E-state index in [4.69, 9.17) is 4.74 Å². The van der Waals surface area contributed by atoms with Crippen molar-refractivity contribution in [3.63, 3.8) is 0 Å². The third kappa shape index (κ3) is 3.33. The molecule has 5 aliphatic rings. The van der Waals surface area contributed by atoms with Crippen molar-refractivity contribution in [2.24, 2.45) is 56.7 Å². The molecule has 35 heavy (non-hydrogen) atoms. The first kappa shape index (κ1) is 25.7. The zero-order valence-electron chi connectivity index (χ0n) is 23.4. The molecule has 0 aromatic heterocycles. The van der Waals surface area contributed by atoms with Crippen LogP contribution in [-0.2, 0) is 14.3 Å². The zero-order chi connectivity index (χ0) is 25.6. The van der Waals surface area contributed by atoms with Crippen LogP contribution in [0, 0.1) is 56.7 Å². The third-order valence-corrected chi connectivity index (χ3v) is 13.7. The van der Waals surface area contributed by atoms with Gasteiger partial charge in [0.1, 0.15) is 5.78 Å². The summed E-state index contributed by atoms with van der Waals surface area (Å²) in [5.74, 6) is 2.36. The van der Waals surface area contributed by atoms with Gasteiger partial charge < -0.3 is 9.84 Å². The molecule has 0 aromatic carbocycles. The summed E-state index contributed by atoms with van der Waals surface area (Å²) < 4.78 is 5.70. The second-order valence-electron chi connectivity index (χ2n) is 15.0. The van der Waals surface area contributed by atoms with E-state index in [1.54, 1.807) is 6.92 Å². The fraction of sp³-hybridized carbons (Fsp3) is 0.935. The lowest BCUT2D eigenvalue weighted by Gasteiger charge is -2.72. The Morgan fingerprint density at radius 2 is 1.51 bits per heavy atom. The SMILES string of the molecule is CC(=O)OC[C@]12CC[C@@H](C(C)=O)[C@@H]1[C@H]1CC[C@@H]3[C@@]4(C)CC[C@@H](O)C(C)(C)[C@@H]4CC[C@@]3(C)[C@]1(C)CC2. The highest BCUT2D eigenvalue weighted by Gasteiger charge is 2.71. The van der Waals surface area contributed by atoms with E-state index in [0.717, 1.165) is 32.1 Å². The quantitative estimate of drug-likeness (QED) is 0.458. The molecule has 5 rings (SSSR count). The Hall–Kier alpha value is -0.900.